The normalized spacial score (nSPS) is 11.7. The highest BCUT2D eigenvalue weighted by Gasteiger charge is 2.22. The maximum Gasteiger partial charge on any atom is 0.263 e. The molecular weight excluding hydrogens is 272 g/mol. The van der Waals surface area contributed by atoms with Gasteiger partial charge in [-0.3, -0.25) is 9.40 Å². The van der Waals surface area contributed by atoms with Crippen molar-refractivity contribution in [2.75, 3.05) is 4.72 Å². The summed E-state index contributed by atoms with van der Waals surface area (Å²) in [6.07, 6.45) is 3.06. The summed E-state index contributed by atoms with van der Waals surface area (Å²) in [5.74, 6) is 0. The Morgan fingerprint density at radius 2 is 2.28 bits per heavy atom. The minimum absolute atomic E-state index is 0.210. The summed E-state index contributed by atoms with van der Waals surface area (Å²) in [6, 6.07) is 0. The number of nitrogens with two attached hydrogens (primary N) is 1. The van der Waals surface area contributed by atoms with Crippen LogP contribution in [-0.2, 0) is 23.6 Å². The van der Waals surface area contributed by atoms with E-state index in [4.69, 9.17) is 5.73 Å². The maximum atomic E-state index is 12.3. The van der Waals surface area contributed by atoms with Crippen LogP contribution in [0.4, 0.5) is 5.69 Å². The van der Waals surface area contributed by atoms with Gasteiger partial charge in [-0.25, -0.2) is 8.42 Å². The van der Waals surface area contributed by atoms with Crippen LogP contribution in [0, 0.1) is 6.92 Å². The standard InChI is InChI=1S/C10H14N4O2S2/c1-7-6-17-9(3-11)10(7)18(15,16)13-8-4-12-14(2)5-8/h4-6,13H,3,11H2,1-2H3. The van der Waals surface area contributed by atoms with Gasteiger partial charge in [0.05, 0.1) is 11.9 Å². The van der Waals surface area contributed by atoms with Crippen molar-refractivity contribution in [1.82, 2.24) is 9.78 Å². The lowest BCUT2D eigenvalue weighted by molar-refractivity contribution is 0.600. The first kappa shape index (κ1) is 13.1. The second-order valence-corrected chi connectivity index (χ2v) is 6.47. The maximum absolute atomic E-state index is 12.3. The molecule has 0 aromatic carbocycles. The average molecular weight is 286 g/mol. The highest BCUT2D eigenvalue weighted by Crippen LogP contribution is 2.28. The molecule has 8 heteroatoms. The van der Waals surface area contributed by atoms with E-state index in [0.29, 0.717) is 16.1 Å². The summed E-state index contributed by atoms with van der Waals surface area (Å²) < 4.78 is 28.6. The summed E-state index contributed by atoms with van der Waals surface area (Å²) in [5, 5.41) is 5.71. The molecule has 0 spiro atoms. The van der Waals surface area contributed by atoms with Gasteiger partial charge in [0, 0.05) is 24.7 Å². The van der Waals surface area contributed by atoms with Gasteiger partial charge in [0.25, 0.3) is 10.0 Å². The SMILES string of the molecule is Cc1csc(CN)c1S(=O)(=O)Nc1cnn(C)c1. The van der Waals surface area contributed by atoms with Crippen molar-refractivity contribution in [3.63, 3.8) is 0 Å². The van der Waals surface area contributed by atoms with E-state index >= 15 is 0 Å². The first-order valence-electron chi connectivity index (χ1n) is 5.22. The number of nitrogens with one attached hydrogen (secondary N) is 1. The van der Waals surface area contributed by atoms with Gasteiger partial charge in [-0.05, 0) is 17.9 Å². The molecule has 0 fully saturated rings. The van der Waals surface area contributed by atoms with E-state index in [1.54, 1.807) is 25.5 Å². The third-order valence-electron chi connectivity index (χ3n) is 2.40. The summed E-state index contributed by atoms with van der Waals surface area (Å²) in [5.41, 5.74) is 6.70. The molecule has 2 heterocycles. The molecule has 0 aliphatic carbocycles. The lowest BCUT2D eigenvalue weighted by atomic mass is 10.3. The molecule has 0 amide bonds. The Kier molecular flexibility index (Phi) is 3.42. The predicted molar refractivity (Wildman–Crippen MR) is 71.0 cm³/mol. The Morgan fingerprint density at radius 1 is 1.56 bits per heavy atom. The fraction of sp³-hybridized carbons (Fsp3) is 0.300. The molecule has 6 nitrogen and oxygen atoms in total. The van der Waals surface area contributed by atoms with E-state index in [1.165, 1.54) is 22.2 Å². The molecule has 3 N–H and O–H groups in total. The summed E-state index contributed by atoms with van der Waals surface area (Å²) in [6.45, 7) is 1.97. The third kappa shape index (κ3) is 2.40. The molecule has 0 saturated heterocycles. The van der Waals surface area contributed by atoms with Crippen molar-refractivity contribution in [3.8, 4) is 0 Å². The topological polar surface area (TPSA) is 90.0 Å². The van der Waals surface area contributed by atoms with Gasteiger partial charge in [0.2, 0.25) is 0 Å². The molecule has 0 atom stereocenters. The van der Waals surface area contributed by atoms with E-state index < -0.39 is 10.0 Å². The molecule has 2 aromatic heterocycles. The first-order valence-corrected chi connectivity index (χ1v) is 7.59. The van der Waals surface area contributed by atoms with Crippen molar-refractivity contribution >= 4 is 27.0 Å². The van der Waals surface area contributed by atoms with Gasteiger partial charge in [-0.2, -0.15) is 5.10 Å². The molecule has 0 radical (unpaired) electrons. The van der Waals surface area contributed by atoms with E-state index in [2.05, 4.69) is 9.82 Å². The van der Waals surface area contributed by atoms with Crippen LogP contribution in [0.2, 0.25) is 0 Å². The van der Waals surface area contributed by atoms with Gasteiger partial charge >= 0.3 is 0 Å². The Labute approximate surface area is 109 Å². The Hall–Kier alpha value is -1.38. The first-order chi connectivity index (χ1) is 8.44. The van der Waals surface area contributed by atoms with Crippen molar-refractivity contribution in [2.24, 2.45) is 12.8 Å². The van der Waals surface area contributed by atoms with Crippen LogP contribution in [0.5, 0.6) is 0 Å². The van der Waals surface area contributed by atoms with E-state index in [1.807, 2.05) is 0 Å². The molecule has 0 aliphatic rings. The third-order valence-corrected chi connectivity index (χ3v) is 5.27. The van der Waals surface area contributed by atoms with Crippen molar-refractivity contribution in [2.45, 2.75) is 18.4 Å². The van der Waals surface area contributed by atoms with E-state index in [-0.39, 0.29) is 11.4 Å². The van der Waals surface area contributed by atoms with Crippen LogP contribution in [0.1, 0.15) is 10.4 Å². The molecule has 0 bridgehead atoms. The van der Waals surface area contributed by atoms with Crippen molar-refractivity contribution in [3.05, 3.63) is 28.2 Å². The molecule has 0 unspecified atom stereocenters. The van der Waals surface area contributed by atoms with Crippen LogP contribution in [0.15, 0.2) is 22.7 Å². The van der Waals surface area contributed by atoms with Crippen LogP contribution in [0.3, 0.4) is 0 Å². The number of aromatic nitrogens is 2. The van der Waals surface area contributed by atoms with Gasteiger partial charge < -0.3 is 5.73 Å². The fourth-order valence-electron chi connectivity index (χ4n) is 1.67. The quantitative estimate of drug-likeness (QED) is 0.879. The average Bonchev–Trinajstić information content (AvgIpc) is 2.84. The number of aryl methyl sites for hydroxylation is 2. The van der Waals surface area contributed by atoms with Crippen LogP contribution in [0.25, 0.3) is 0 Å². The summed E-state index contributed by atoms with van der Waals surface area (Å²) >= 11 is 1.35. The summed E-state index contributed by atoms with van der Waals surface area (Å²) in [4.78, 5) is 0.933. The van der Waals surface area contributed by atoms with Gasteiger partial charge in [-0.15, -0.1) is 11.3 Å². The van der Waals surface area contributed by atoms with Crippen LogP contribution in [-0.4, -0.2) is 18.2 Å². The van der Waals surface area contributed by atoms with Crippen molar-refractivity contribution < 1.29 is 8.42 Å². The zero-order chi connectivity index (χ0) is 13.3. The number of rotatable bonds is 4. The summed E-state index contributed by atoms with van der Waals surface area (Å²) in [7, 11) is -1.88. The number of hydrogen-bond acceptors (Lipinski definition) is 5. The monoisotopic (exact) mass is 286 g/mol. The number of anilines is 1. The highest BCUT2D eigenvalue weighted by molar-refractivity contribution is 7.93. The zero-order valence-electron chi connectivity index (χ0n) is 10.0. The van der Waals surface area contributed by atoms with Gasteiger partial charge in [-0.1, -0.05) is 0 Å². The second kappa shape index (κ2) is 4.71. The second-order valence-electron chi connectivity index (χ2n) is 3.88. The number of hydrogen-bond donors (Lipinski definition) is 2. The van der Waals surface area contributed by atoms with Gasteiger partial charge in [0.15, 0.2) is 0 Å². The predicted octanol–water partition coefficient (Wildman–Crippen LogP) is 1.05. The van der Waals surface area contributed by atoms with E-state index in [9.17, 15) is 8.42 Å². The molecule has 0 saturated carbocycles. The smallest absolute Gasteiger partial charge is 0.263 e. The minimum Gasteiger partial charge on any atom is -0.326 e. The van der Waals surface area contributed by atoms with Crippen LogP contribution < -0.4 is 10.5 Å². The number of thiophene rings is 1. The zero-order valence-corrected chi connectivity index (χ0v) is 11.7. The molecule has 18 heavy (non-hydrogen) atoms. The van der Waals surface area contributed by atoms with E-state index in [0.717, 1.165) is 0 Å². The van der Waals surface area contributed by atoms with Crippen molar-refractivity contribution in [1.29, 1.82) is 0 Å². The largest absolute Gasteiger partial charge is 0.326 e. The molecule has 98 valence electrons. The molecular formula is C10H14N4O2S2. The van der Waals surface area contributed by atoms with Crippen LogP contribution >= 0.6 is 11.3 Å². The molecule has 2 aromatic rings. The lowest BCUT2D eigenvalue weighted by Crippen LogP contribution is -2.15. The number of nitrogens with zero attached hydrogens (tertiary/aromatic N) is 2. The minimum atomic E-state index is -3.60. The highest BCUT2D eigenvalue weighted by atomic mass is 32.2. The molecule has 2 rings (SSSR count). The molecule has 0 aliphatic heterocycles. The Morgan fingerprint density at radius 3 is 2.83 bits per heavy atom. The lowest BCUT2D eigenvalue weighted by Gasteiger charge is -2.07. The Bertz CT molecular complexity index is 657. The van der Waals surface area contributed by atoms with Gasteiger partial charge in [0.1, 0.15) is 4.90 Å². The fourth-order valence-corrected chi connectivity index (χ4v) is 4.40. The Balaban J connectivity index is 2.39. The number of sulfonamides is 1.